The van der Waals surface area contributed by atoms with Crippen LogP contribution < -0.4 is 5.32 Å². The molecule has 1 aromatic carbocycles. The van der Waals surface area contributed by atoms with Crippen molar-refractivity contribution in [3.05, 3.63) is 33.4 Å². The molecule has 0 saturated carbocycles. The van der Waals surface area contributed by atoms with Crippen molar-refractivity contribution in [1.82, 2.24) is 10.2 Å². The Morgan fingerprint density at radius 3 is 2.83 bits per heavy atom. The molecule has 1 aliphatic rings. The van der Waals surface area contributed by atoms with E-state index in [0.29, 0.717) is 6.04 Å². The maximum absolute atomic E-state index is 3.66. The Hall–Kier alpha value is -0.130. The molecule has 2 rings (SSSR count). The molecule has 1 atom stereocenters. The highest BCUT2D eigenvalue weighted by Crippen LogP contribution is 2.12. The topological polar surface area (TPSA) is 15.3 Å². The van der Waals surface area contributed by atoms with Crippen LogP contribution in [0.4, 0.5) is 0 Å². The van der Waals surface area contributed by atoms with E-state index in [1.807, 2.05) is 0 Å². The Morgan fingerprint density at radius 2 is 2.11 bits per heavy atom. The molecule has 3 heteroatoms. The fourth-order valence-electron chi connectivity index (χ4n) is 2.61. The molecule has 18 heavy (non-hydrogen) atoms. The lowest BCUT2D eigenvalue weighted by molar-refractivity contribution is 0.255. The molecule has 0 spiro atoms. The summed E-state index contributed by atoms with van der Waals surface area (Å²) in [4.78, 5) is 2.60. The standard InChI is InChI=1S/C15H23IN2/c1-2-4-15-12-18(10-3-9-17-15)11-13-5-7-14(16)8-6-13/h5-8,15,17H,2-4,9-12H2,1H3. The second-order valence-electron chi connectivity index (χ2n) is 5.15. The molecule has 1 aromatic rings. The Kier molecular flexibility index (Phi) is 5.92. The third kappa shape index (κ3) is 4.52. The summed E-state index contributed by atoms with van der Waals surface area (Å²) in [5.41, 5.74) is 1.44. The van der Waals surface area contributed by atoms with E-state index in [9.17, 15) is 0 Å². The molecule has 1 fully saturated rings. The average molecular weight is 358 g/mol. The van der Waals surface area contributed by atoms with Gasteiger partial charge in [0.05, 0.1) is 0 Å². The van der Waals surface area contributed by atoms with Gasteiger partial charge in [-0.2, -0.15) is 0 Å². The molecule has 100 valence electrons. The van der Waals surface area contributed by atoms with E-state index in [-0.39, 0.29) is 0 Å². The minimum atomic E-state index is 0.682. The third-order valence-electron chi connectivity index (χ3n) is 3.52. The van der Waals surface area contributed by atoms with E-state index in [2.05, 4.69) is 64.0 Å². The number of halogens is 1. The first kappa shape index (κ1) is 14.3. The lowest BCUT2D eigenvalue weighted by Crippen LogP contribution is -2.37. The number of hydrogen-bond donors (Lipinski definition) is 1. The van der Waals surface area contributed by atoms with Gasteiger partial charge >= 0.3 is 0 Å². The van der Waals surface area contributed by atoms with E-state index in [4.69, 9.17) is 0 Å². The molecule has 0 aromatic heterocycles. The zero-order valence-electron chi connectivity index (χ0n) is 11.2. The first-order valence-corrected chi connectivity index (χ1v) is 8.06. The molecule has 1 N–H and O–H groups in total. The molecule has 2 nitrogen and oxygen atoms in total. The van der Waals surface area contributed by atoms with Crippen molar-refractivity contribution in [2.45, 2.75) is 38.8 Å². The molecule has 1 saturated heterocycles. The van der Waals surface area contributed by atoms with Crippen LogP contribution in [0, 0.1) is 3.57 Å². The first-order chi connectivity index (χ1) is 8.78. The van der Waals surface area contributed by atoms with Crippen molar-refractivity contribution < 1.29 is 0 Å². The normalized spacial score (nSPS) is 21.8. The van der Waals surface area contributed by atoms with Crippen LogP contribution in [0.25, 0.3) is 0 Å². The van der Waals surface area contributed by atoms with E-state index < -0.39 is 0 Å². The van der Waals surface area contributed by atoms with Crippen molar-refractivity contribution >= 4 is 22.6 Å². The lowest BCUT2D eigenvalue weighted by atomic mass is 10.1. The molecular formula is C15H23IN2. The quantitative estimate of drug-likeness (QED) is 0.832. The Balaban J connectivity index is 1.92. The zero-order chi connectivity index (χ0) is 12.8. The molecule has 1 unspecified atom stereocenters. The van der Waals surface area contributed by atoms with E-state index in [1.165, 1.54) is 48.0 Å². The highest BCUT2D eigenvalue weighted by atomic mass is 127. The Morgan fingerprint density at radius 1 is 1.33 bits per heavy atom. The minimum Gasteiger partial charge on any atom is -0.313 e. The van der Waals surface area contributed by atoms with Crippen LogP contribution in [0.5, 0.6) is 0 Å². The van der Waals surface area contributed by atoms with Gasteiger partial charge in [0, 0.05) is 22.7 Å². The van der Waals surface area contributed by atoms with Gasteiger partial charge in [-0.15, -0.1) is 0 Å². The minimum absolute atomic E-state index is 0.682. The summed E-state index contributed by atoms with van der Waals surface area (Å²) in [5, 5.41) is 3.66. The second-order valence-corrected chi connectivity index (χ2v) is 6.40. The van der Waals surface area contributed by atoms with Gasteiger partial charge in [0.1, 0.15) is 0 Å². The van der Waals surface area contributed by atoms with Crippen LogP contribution in [0.2, 0.25) is 0 Å². The SMILES string of the molecule is CCCC1CN(Cc2ccc(I)cc2)CCCN1. The summed E-state index contributed by atoms with van der Waals surface area (Å²) >= 11 is 2.36. The fourth-order valence-corrected chi connectivity index (χ4v) is 2.97. The third-order valence-corrected chi connectivity index (χ3v) is 4.24. The van der Waals surface area contributed by atoms with Crippen LogP contribution in [-0.2, 0) is 6.54 Å². The molecule has 0 bridgehead atoms. The highest BCUT2D eigenvalue weighted by Gasteiger charge is 2.16. The molecule has 0 aliphatic carbocycles. The van der Waals surface area contributed by atoms with Gasteiger partial charge in [-0.3, -0.25) is 4.90 Å². The van der Waals surface area contributed by atoms with Crippen molar-refractivity contribution in [2.24, 2.45) is 0 Å². The Labute approximate surface area is 124 Å². The smallest absolute Gasteiger partial charge is 0.0234 e. The van der Waals surface area contributed by atoms with Crippen LogP contribution in [-0.4, -0.2) is 30.6 Å². The van der Waals surface area contributed by atoms with Crippen molar-refractivity contribution in [3.63, 3.8) is 0 Å². The molecule has 1 aliphatic heterocycles. The summed E-state index contributed by atoms with van der Waals surface area (Å²) in [7, 11) is 0. The van der Waals surface area contributed by atoms with Crippen LogP contribution >= 0.6 is 22.6 Å². The van der Waals surface area contributed by atoms with Crippen LogP contribution in [0.3, 0.4) is 0 Å². The van der Waals surface area contributed by atoms with Gasteiger partial charge in [-0.05, 0) is 66.2 Å². The molecule has 0 amide bonds. The zero-order valence-corrected chi connectivity index (χ0v) is 13.3. The molecular weight excluding hydrogens is 335 g/mol. The van der Waals surface area contributed by atoms with Crippen molar-refractivity contribution in [2.75, 3.05) is 19.6 Å². The van der Waals surface area contributed by atoms with Gasteiger partial charge in [-0.25, -0.2) is 0 Å². The number of benzene rings is 1. The van der Waals surface area contributed by atoms with E-state index in [0.717, 1.165) is 6.54 Å². The Bertz CT molecular complexity index is 350. The largest absolute Gasteiger partial charge is 0.313 e. The summed E-state index contributed by atoms with van der Waals surface area (Å²) in [6.45, 7) is 6.96. The molecule has 1 heterocycles. The monoisotopic (exact) mass is 358 g/mol. The van der Waals surface area contributed by atoms with Crippen molar-refractivity contribution in [3.8, 4) is 0 Å². The van der Waals surface area contributed by atoms with Gasteiger partial charge in [0.25, 0.3) is 0 Å². The first-order valence-electron chi connectivity index (χ1n) is 6.98. The number of nitrogens with zero attached hydrogens (tertiary/aromatic N) is 1. The van der Waals surface area contributed by atoms with Crippen molar-refractivity contribution in [1.29, 1.82) is 0 Å². The average Bonchev–Trinajstić information content (AvgIpc) is 2.58. The summed E-state index contributed by atoms with van der Waals surface area (Å²) < 4.78 is 1.32. The number of hydrogen-bond acceptors (Lipinski definition) is 2. The van der Waals surface area contributed by atoms with Gasteiger partial charge in [0.15, 0.2) is 0 Å². The van der Waals surface area contributed by atoms with Gasteiger partial charge in [0.2, 0.25) is 0 Å². The van der Waals surface area contributed by atoms with Gasteiger partial charge in [-0.1, -0.05) is 25.5 Å². The number of rotatable bonds is 4. The summed E-state index contributed by atoms with van der Waals surface area (Å²) in [5.74, 6) is 0. The van der Waals surface area contributed by atoms with Gasteiger partial charge < -0.3 is 5.32 Å². The van der Waals surface area contributed by atoms with E-state index >= 15 is 0 Å². The maximum Gasteiger partial charge on any atom is 0.0234 e. The second kappa shape index (κ2) is 7.46. The van der Waals surface area contributed by atoms with Crippen LogP contribution in [0.15, 0.2) is 24.3 Å². The number of nitrogens with one attached hydrogen (secondary N) is 1. The van der Waals surface area contributed by atoms with E-state index in [1.54, 1.807) is 0 Å². The predicted molar refractivity (Wildman–Crippen MR) is 85.8 cm³/mol. The molecule has 0 radical (unpaired) electrons. The predicted octanol–water partition coefficient (Wildman–Crippen LogP) is 3.26. The highest BCUT2D eigenvalue weighted by molar-refractivity contribution is 14.1. The lowest BCUT2D eigenvalue weighted by Gasteiger charge is -2.24. The maximum atomic E-state index is 3.66. The summed E-state index contributed by atoms with van der Waals surface area (Å²) in [6, 6.07) is 9.61. The van der Waals surface area contributed by atoms with Crippen LogP contribution in [0.1, 0.15) is 31.7 Å². The summed E-state index contributed by atoms with van der Waals surface area (Å²) in [6.07, 6.45) is 3.84. The fraction of sp³-hybridized carbons (Fsp3) is 0.600.